The maximum absolute atomic E-state index is 12.1. The number of ether oxygens (including phenoxy) is 2. The quantitative estimate of drug-likeness (QED) is 0.374. The molecule has 0 aliphatic rings. The number of hydrogen-bond donors (Lipinski definition) is 1. The van der Waals surface area contributed by atoms with Gasteiger partial charge in [-0.1, -0.05) is 13.8 Å². The molecule has 0 heterocycles. The van der Waals surface area contributed by atoms with Crippen molar-refractivity contribution in [2.24, 2.45) is 0 Å². The smallest absolute Gasteiger partial charge is 0.342 e. The predicted molar refractivity (Wildman–Crippen MR) is 76.3 cm³/mol. The number of nitrogens with two attached hydrogens (primary N) is 1. The Hall–Kier alpha value is -2.45. The van der Waals surface area contributed by atoms with Gasteiger partial charge in [0.25, 0.3) is 12.1 Å². The standard InChI is InChI=1S/C11H12F2N2O5.C2H6/c1-2-19-11(16)6-3-8(15(17)18)7(14)4-9(6)20-5-10(12)13;1-2/h3-4,10H,2,5,14H2,1H3;1-2H3. The number of rotatable bonds is 6. The van der Waals surface area contributed by atoms with Gasteiger partial charge >= 0.3 is 5.97 Å². The van der Waals surface area contributed by atoms with Crippen LogP contribution in [0.1, 0.15) is 31.1 Å². The lowest BCUT2D eigenvalue weighted by Gasteiger charge is -2.11. The Morgan fingerprint density at radius 3 is 2.45 bits per heavy atom. The third-order valence-electron chi connectivity index (χ3n) is 2.19. The van der Waals surface area contributed by atoms with Crippen molar-refractivity contribution >= 4 is 17.3 Å². The second-order valence-corrected chi connectivity index (χ2v) is 3.59. The highest BCUT2D eigenvalue weighted by Gasteiger charge is 2.23. The number of nitro benzene ring substituents is 1. The summed E-state index contributed by atoms with van der Waals surface area (Å²) in [5.74, 6) is -1.20. The molecule has 0 aliphatic carbocycles. The van der Waals surface area contributed by atoms with Gasteiger partial charge in [0.05, 0.1) is 11.5 Å². The van der Waals surface area contributed by atoms with Crippen molar-refractivity contribution < 1.29 is 28.0 Å². The first kappa shape index (κ1) is 19.6. The van der Waals surface area contributed by atoms with Crippen molar-refractivity contribution in [3.05, 3.63) is 27.8 Å². The number of nitro groups is 1. The molecule has 1 aromatic rings. The lowest BCUT2D eigenvalue weighted by molar-refractivity contribution is -0.383. The largest absolute Gasteiger partial charge is 0.487 e. The average molecular weight is 320 g/mol. The zero-order valence-corrected chi connectivity index (χ0v) is 12.5. The number of carbonyl (C=O) groups excluding carboxylic acids is 1. The van der Waals surface area contributed by atoms with E-state index >= 15 is 0 Å². The first-order valence-electron chi connectivity index (χ1n) is 6.52. The molecule has 7 nitrogen and oxygen atoms in total. The van der Waals surface area contributed by atoms with Crippen LogP contribution >= 0.6 is 0 Å². The summed E-state index contributed by atoms with van der Waals surface area (Å²) in [4.78, 5) is 21.6. The van der Waals surface area contributed by atoms with Gasteiger partial charge in [0, 0.05) is 12.1 Å². The van der Waals surface area contributed by atoms with Crippen molar-refractivity contribution in [3.8, 4) is 5.75 Å². The van der Waals surface area contributed by atoms with Gasteiger partial charge < -0.3 is 15.2 Å². The minimum atomic E-state index is -2.76. The fourth-order valence-electron chi connectivity index (χ4n) is 1.38. The Morgan fingerprint density at radius 1 is 1.41 bits per heavy atom. The molecule has 0 unspecified atom stereocenters. The fraction of sp³-hybridized carbons (Fsp3) is 0.462. The van der Waals surface area contributed by atoms with Crippen LogP contribution in [-0.4, -0.2) is 30.5 Å². The predicted octanol–water partition coefficient (Wildman–Crippen LogP) is 3.02. The molecule has 0 amide bonds. The molecule has 124 valence electrons. The van der Waals surface area contributed by atoms with E-state index in [9.17, 15) is 23.7 Å². The zero-order valence-electron chi connectivity index (χ0n) is 12.5. The summed E-state index contributed by atoms with van der Waals surface area (Å²) < 4.78 is 33.7. The van der Waals surface area contributed by atoms with E-state index in [2.05, 4.69) is 4.74 Å². The summed E-state index contributed by atoms with van der Waals surface area (Å²) in [6, 6.07) is 1.79. The van der Waals surface area contributed by atoms with Crippen LogP contribution in [0.3, 0.4) is 0 Å². The number of carbonyl (C=O) groups is 1. The van der Waals surface area contributed by atoms with Gasteiger partial charge in [0.2, 0.25) is 0 Å². The van der Waals surface area contributed by atoms with Crippen LogP contribution in [0, 0.1) is 10.1 Å². The summed E-state index contributed by atoms with van der Waals surface area (Å²) in [5, 5.41) is 10.7. The maximum Gasteiger partial charge on any atom is 0.342 e. The molecule has 1 aromatic carbocycles. The molecule has 0 aromatic heterocycles. The minimum Gasteiger partial charge on any atom is -0.487 e. The average Bonchev–Trinajstić information content (AvgIpc) is 2.46. The minimum absolute atomic E-state index is 0.0191. The third kappa shape index (κ3) is 5.51. The first-order valence-corrected chi connectivity index (χ1v) is 6.52. The van der Waals surface area contributed by atoms with Crippen molar-refractivity contribution in [1.29, 1.82) is 0 Å². The van der Waals surface area contributed by atoms with E-state index in [1.807, 2.05) is 13.8 Å². The number of anilines is 1. The number of nitrogens with zero attached hydrogens (tertiary/aromatic N) is 1. The number of nitrogen functional groups attached to an aromatic ring is 1. The van der Waals surface area contributed by atoms with E-state index in [0.29, 0.717) is 0 Å². The van der Waals surface area contributed by atoms with Gasteiger partial charge in [-0.15, -0.1) is 0 Å². The molecule has 0 saturated carbocycles. The van der Waals surface area contributed by atoms with Gasteiger partial charge in [0.1, 0.15) is 23.6 Å². The second kappa shape index (κ2) is 9.48. The van der Waals surface area contributed by atoms with Crippen LogP contribution in [0.25, 0.3) is 0 Å². The normalized spacial score (nSPS) is 9.73. The molecule has 0 radical (unpaired) electrons. The Kier molecular flexibility index (Phi) is 8.42. The summed E-state index contributed by atoms with van der Waals surface area (Å²) in [6.07, 6.45) is -2.76. The molecular formula is C13H18F2N2O5. The van der Waals surface area contributed by atoms with Gasteiger partial charge in [-0.25, -0.2) is 13.6 Å². The summed E-state index contributed by atoms with van der Waals surface area (Å²) in [5.41, 5.74) is 4.26. The number of halogens is 2. The third-order valence-corrected chi connectivity index (χ3v) is 2.19. The summed E-state index contributed by atoms with van der Waals surface area (Å²) in [6.45, 7) is 4.58. The highest BCUT2D eigenvalue weighted by atomic mass is 19.3. The monoisotopic (exact) mass is 320 g/mol. The Labute approximate surface area is 126 Å². The zero-order chi connectivity index (χ0) is 17.3. The molecule has 9 heteroatoms. The van der Waals surface area contributed by atoms with Crippen LogP contribution < -0.4 is 10.5 Å². The van der Waals surface area contributed by atoms with Crippen molar-refractivity contribution in [2.75, 3.05) is 18.9 Å². The topological polar surface area (TPSA) is 105 Å². The molecule has 22 heavy (non-hydrogen) atoms. The van der Waals surface area contributed by atoms with Crippen LogP contribution in [0.4, 0.5) is 20.2 Å². The van der Waals surface area contributed by atoms with Gasteiger partial charge in [0.15, 0.2) is 0 Å². The van der Waals surface area contributed by atoms with Crippen molar-refractivity contribution in [1.82, 2.24) is 0 Å². The van der Waals surface area contributed by atoms with E-state index in [0.717, 1.165) is 12.1 Å². The van der Waals surface area contributed by atoms with E-state index in [-0.39, 0.29) is 23.6 Å². The Bertz CT molecular complexity index is 523. The van der Waals surface area contributed by atoms with Crippen molar-refractivity contribution in [3.63, 3.8) is 0 Å². The maximum atomic E-state index is 12.1. The second-order valence-electron chi connectivity index (χ2n) is 3.59. The number of hydrogen-bond acceptors (Lipinski definition) is 6. The molecule has 0 bridgehead atoms. The van der Waals surface area contributed by atoms with Crippen LogP contribution in [0.15, 0.2) is 12.1 Å². The molecule has 0 saturated heterocycles. The molecule has 0 atom stereocenters. The molecule has 0 fully saturated rings. The van der Waals surface area contributed by atoms with E-state index in [1.54, 1.807) is 0 Å². The summed E-state index contributed by atoms with van der Waals surface area (Å²) in [7, 11) is 0. The molecule has 0 spiro atoms. The number of esters is 1. The first-order chi connectivity index (χ1) is 10.4. The molecular weight excluding hydrogens is 302 g/mol. The van der Waals surface area contributed by atoms with E-state index in [4.69, 9.17) is 10.5 Å². The van der Waals surface area contributed by atoms with Crippen molar-refractivity contribution in [2.45, 2.75) is 27.2 Å². The Morgan fingerprint density at radius 2 is 2.00 bits per heavy atom. The van der Waals surface area contributed by atoms with Crippen LogP contribution in [0.2, 0.25) is 0 Å². The van der Waals surface area contributed by atoms with Crippen LogP contribution in [-0.2, 0) is 4.74 Å². The molecule has 2 N–H and O–H groups in total. The lowest BCUT2D eigenvalue weighted by Crippen LogP contribution is -2.13. The lowest BCUT2D eigenvalue weighted by atomic mass is 10.1. The highest BCUT2D eigenvalue weighted by Crippen LogP contribution is 2.31. The Balaban J connectivity index is 0.00000211. The summed E-state index contributed by atoms with van der Waals surface area (Å²) >= 11 is 0. The fourth-order valence-corrected chi connectivity index (χ4v) is 1.38. The number of alkyl halides is 2. The van der Waals surface area contributed by atoms with E-state index in [1.165, 1.54) is 6.92 Å². The van der Waals surface area contributed by atoms with Gasteiger partial charge in [-0.2, -0.15) is 0 Å². The number of benzene rings is 1. The van der Waals surface area contributed by atoms with Crippen LogP contribution in [0.5, 0.6) is 5.75 Å². The highest BCUT2D eigenvalue weighted by molar-refractivity contribution is 5.94. The molecule has 1 rings (SSSR count). The van der Waals surface area contributed by atoms with E-state index < -0.39 is 29.6 Å². The van der Waals surface area contributed by atoms with Gasteiger partial charge in [-0.3, -0.25) is 10.1 Å². The molecule has 0 aliphatic heterocycles. The van der Waals surface area contributed by atoms with Gasteiger partial charge in [-0.05, 0) is 6.92 Å². The SMILES string of the molecule is CC.CCOC(=O)c1cc([N+](=O)[O-])c(N)cc1OCC(F)F.